The van der Waals surface area contributed by atoms with E-state index < -0.39 is 0 Å². The van der Waals surface area contributed by atoms with E-state index in [9.17, 15) is 4.79 Å². The van der Waals surface area contributed by atoms with Crippen molar-refractivity contribution in [3.05, 3.63) is 42.2 Å². The Morgan fingerprint density at radius 3 is 2.89 bits per heavy atom. The highest BCUT2D eigenvalue weighted by molar-refractivity contribution is 5.99. The first kappa shape index (κ1) is 12.1. The summed E-state index contributed by atoms with van der Waals surface area (Å²) < 4.78 is 4.61. The Morgan fingerprint density at radius 1 is 1.39 bits per heavy atom. The summed E-state index contributed by atoms with van der Waals surface area (Å²) in [6.45, 7) is 1.88. The zero-order chi connectivity index (χ0) is 13.0. The van der Waals surface area contributed by atoms with Crippen LogP contribution in [0, 0.1) is 0 Å². The first-order valence-electron chi connectivity index (χ1n) is 5.49. The lowest BCUT2D eigenvalue weighted by atomic mass is 10.1. The van der Waals surface area contributed by atoms with E-state index in [1.807, 2.05) is 25.1 Å². The third-order valence-electron chi connectivity index (χ3n) is 2.35. The molecule has 0 radical (unpaired) electrons. The predicted molar refractivity (Wildman–Crippen MR) is 68.2 cm³/mol. The zero-order valence-corrected chi connectivity index (χ0v) is 9.88. The van der Waals surface area contributed by atoms with Crippen LogP contribution >= 0.6 is 0 Å². The Balaban J connectivity index is 2.00. The normalized spacial score (nSPS) is 11.9. The largest absolute Gasteiger partial charge is 0.363 e. The van der Waals surface area contributed by atoms with Gasteiger partial charge in [-0.2, -0.15) is 0 Å². The van der Waals surface area contributed by atoms with Crippen LogP contribution in [0.2, 0.25) is 0 Å². The second kappa shape index (κ2) is 5.33. The SMILES string of the molecule is CC(N)c1cccc(NC(=O)Nc2ccon2)c1. The van der Waals surface area contributed by atoms with Gasteiger partial charge in [0.05, 0.1) is 0 Å². The van der Waals surface area contributed by atoms with Crippen LogP contribution in [0.4, 0.5) is 16.3 Å². The zero-order valence-electron chi connectivity index (χ0n) is 9.88. The first-order valence-corrected chi connectivity index (χ1v) is 5.49. The van der Waals surface area contributed by atoms with E-state index in [1.54, 1.807) is 12.1 Å². The van der Waals surface area contributed by atoms with E-state index in [0.717, 1.165) is 5.56 Å². The summed E-state index contributed by atoms with van der Waals surface area (Å²) in [4.78, 5) is 11.6. The average molecular weight is 246 g/mol. The highest BCUT2D eigenvalue weighted by atomic mass is 16.5. The van der Waals surface area contributed by atoms with Gasteiger partial charge in [-0.05, 0) is 24.6 Å². The van der Waals surface area contributed by atoms with Crippen molar-refractivity contribution in [2.24, 2.45) is 5.73 Å². The van der Waals surface area contributed by atoms with Crippen LogP contribution < -0.4 is 16.4 Å². The van der Waals surface area contributed by atoms with Gasteiger partial charge in [0.1, 0.15) is 6.26 Å². The minimum atomic E-state index is -0.384. The van der Waals surface area contributed by atoms with Crippen LogP contribution in [0.1, 0.15) is 18.5 Å². The van der Waals surface area contributed by atoms with Crippen LogP contribution in [-0.4, -0.2) is 11.2 Å². The lowest BCUT2D eigenvalue weighted by Gasteiger charge is -2.09. The number of nitrogens with one attached hydrogen (secondary N) is 2. The third kappa shape index (κ3) is 3.08. The summed E-state index contributed by atoms with van der Waals surface area (Å²) in [6.07, 6.45) is 1.38. The molecule has 1 aromatic heterocycles. The summed E-state index contributed by atoms with van der Waals surface area (Å²) in [5.74, 6) is 0.357. The maximum absolute atomic E-state index is 11.6. The summed E-state index contributed by atoms with van der Waals surface area (Å²) >= 11 is 0. The summed E-state index contributed by atoms with van der Waals surface area (Å²) in [7, 11) is 0. The van der Waals surface area contributed by atoms with E-state index in [0.29, 0.717) is 11.5 Å². The van der Waals surface area contributed by atoms with Crippen molar-refractivity contribution in [3.63, 3.8) is 0 Å². The maximum Gasteiger partial charge on any atom is 0.324 e. The number of rotatable bonds is 3. The molecule has 18 heavy (non-hydrogen) atoms. The van der Waals surface area contributed by atoms with E-state index in [2.05, 4.69) is 20.3 Å². The smallest absolute Gasteiger partial charge is 0.324 e. The topological polar surface area (TPSA) is 93.2 Å². The maximum atomic E-state index is 11.6. The molecule has 1 aromatic carbocycles. The number of carbonyl (C=O) groups excluding carboxylic acids is 1. The van der Waals surface area contributed by atoms with Gasteiger partial charge in [0, 0.05) is 17.8 Å². The lowest BCUT2D eigenvalue weighted by Crippen LogP contribution is -2.19. The van der Waals surface area contributed by atoms with Gasteiger partial charge in [-0.15, -0.1) is 0 Å². The second-order valence-corrected chi connectivity index (χ2v) is 3.88. The highest BCUT2D eigenvalue weighted by Crippen LogP contribution is 2.15. The first-order chi connectivity index (χ1) is 8.65. The molecule has 0 saturated carbocycles. The number of nitrogens with two attached hydrogens (primary N) is 1. The van der Waals surface area contributed by atoms with Crippen molar-refractivity contribution < 1.29 is 9.32 Å². The molecule has 2 amide bonds. The molecule has 1 unspecified atom stereocenters. The standard InChI is InChI=1S/C12H14N4O2/c1-8(13)9-3-2-4-10(7-9)14-12(17)15-11-5-6-18-16-11/h2-8H,13H2,1H3,(H2,14,15,16,17). The molecular formula is C12H14N4O2. The Bertz CT molecular complexity index is 523. The molecule has 0 aliphatic heterocycles. The van der Waals surface area contributed by atoms with Crippen molar-refractivity contribution in [3.8, 4) is 0 Å². The van der Waals surface area contributed by atoms with Gasteiger partial charge < -0.3 is 15.6 Å². The molecule has 0 aliphatic carbocycles. The lowest BCUT2D eigenvalue weighted by molar-refractivity contribution is 0.262. The molecule has 1 heterocycles. The number of urea groups is 1. The van der Waals surface area contributed by atoms with Crippen LogP contribution in [-0.2, 0) is 0 Å². The van der Waals surface area contributed by atoms with Crippen LogP contribution in [0.15, 0.2) is 41.1 Å². The van der Waals surface area contributed by atoms with Crippen LogP contribution in [0.5, 0.6) is 0 Å². The molecule has 6 nitrogen and oxygen atoms in total. The van der Waals surface area contributed by atoms with Gasteiger partial charge >= 0.3 is 6.03 Å². The van der Waals surface area contributed by atoms with Crippen molar-refractivity contribution in [1.82, 2.24) is 5.16 Å². The van der Waals surface area contributed by atoms with Gasteiger partial charge in [-0.3, -0.25) is 5.32 Å². The Kier molecular flexibility index (Phi) is 3.59. The summed E-state index contributed by atoms with van der Waals surface area (Å²) in [6, 6.07) is 8.45. The van der Waals surface area contributed by atoms with Gasteiger partial charge in [-0.25, -0.2) is 4.79 Å². The number of hydrogen-bond donors (Lipinski definition) is 3. The minimum Gasteiger partial charge on any atom is -0.363 e. The van der Waals surface area contributed by atoms with Crippen molar-refractivity contribution in [1.29, 1.82) is 0 Å². The van der Waals surface area contributed by atoms with Gasteiger partial charge in [0.15, 0.2) is 5.82 Å². The minimum absolute atomic E-state index is 0.0784. The van der Waals surface area contributed by atoms with E-state index in [-0.39, 0.29) is 12.1 Å². The highest BCUT2D eigenvalue weighted by Gasteiger charge is 2.06. The molecule has 2 rings (SSSR count). The average Bonchev–Trinajstić information content (AvgIpc) is 2.82. The molecule has 0 fully saturated rings. The Hall–Kier alpha value is -2.34. The van der Waals surface area contributed by atoms with E-state index in [1.165, 1.54) is 6.26 Å². The molecule has 1 atom stereocenters. The molecule has 6 heteroatoms. The fourth-order valence-corrected chi connectivity index (χ4v) is 1.46. The van der Waals surface area contributed by atoms with E-state index >= 15 is 0 Å². The molecule has 94 valence electrons. The molecule has 0 aliphatic rings. The molecule has 0 saturated heterocycles. The predicted octanol–water partition coefficient (Wildman–Crippen LogP) is 2.34. The molecule has 4 N–H and O–H groups in total. The number of hydrogen-bond acceptors (Lipinski definition) is 4. The summed E-state index contributed by atoms with van der Waals surface area (Å²) in [5, 5.41) is 8.80. The van der Waals surface area contributed by atoms with Crippen molar-refractivity contribution in [2.75, 3.05) is 10.6 Å². The van der Waals surface area contributed by atoms with Crippen molar-refractivity contribution >= 4 is 17.5 Å². The van der Waals surface area contributed by atoms with Crippen LogP contribution in [0.25, 0.3) is 0 Å². The Labute approximate surface area is 104 Å². The number of amides is 2. The van der Waals surface area contributed by atoms with Gasteiger partial charge in [-0.1, -0.05) is 17.3 Å². The second-order valence-electron chi connectivity index (χ2n) is 3.88. The number of aromatic nitrogens is 1. The monoisotopic (exact) mass is 246 g/mol. The number of anilines is 2. The fourth-order valence-electron chi connectivity index (χ4n) is 1.46. The number of benzene rings is 1. The third-order valence-corrected chi connectivity index (χ3v) is 2.35. The Morgan fingerprint density at radius 2 is 2.22 bits per heavy atom. The fraction of sp³-hybridized carbons (Fsp3) is 0.167. The van der Waals surface area contributed by atoms with Crippen LogP contribution in [0.3, 0.4) is 0 Å². The number of nitrogens with zero attached hydrogens (tertiary/aromatic N) is 1. The van der Waals surface area contributed by atoms with E-state index in [4.69, 9.17) is 5.73 Å². The quantitative estimate of drug-likeness (QED) is 0.774. The van der Waals surface area contributed by atoms with Gasteiger partial charge in [0.2, 0.25) is 0 Å². The molecular weight excluding hydrogens is 232 g/mol. The number of carbonyl (C=O) groups is 1. The summed E-state index contributed by atoms with van der Waals surface area (Å²) in [5.41, 5.74) is 7.40. The molecule has 0 bridgehead atoms. The van der Waals surface area contributed by atoms with Gasteiger partial charge in [0.25, 0.3) is 0 Å². The van der Waals surface area contributed by atoms with Crippen molar-refractivity contribution in [2.45, 2.75) is 13.0 Å². The molecule has 0 spiro atoms. The molecule has 2 aromatic rings.